The number of amides is 2. The molecule has 4 nitrogen and oxygen atoms in total. The number of nitrogens with one attached hydrogen (secondary N) is 1. The topological polar surface area (TPSA) is 41.6 Å². The average Bonchev–Trinajstić information content (AvgIpc) is 2.38. The van der Waals surface area contributed by atoms with E-state index in [2.05, 4.69) is 19.2 Å². The van der Waals surface area contributed by atoms with E-state index in [1.165, 1.54) is 6.42 Å². The molecule has 1 heterocycles. The summed E-state index contributed by atoms with van der Waals surface area (Å²) in [6.45, 7) is 4.22. The lowest BCUT2D eigenvalue weighted by Gasteiger charge is -2.38. The molecule has 1 aromatic carbocycles. The van der Waals surface area contributed by atoms with Crippen molar-refractivity contribution < 1.29 is 9.53 Å². The molecule has 1 aliphatic heterocycles. The molecule has 19 heavy (non-hydrogen) atoms. The number of anilines is 1. The van der Waals surface area contributed by atoms with Crippen molar-refractivity contribution in [2.45, 2.75) is 45.2 Å². The summed E-state index contributed by atoms with van der Waals surface area (Å²) in [5.41, 5.74) is 0.773. The smallest absolute Gasteiger partial charge is 0.322 e. The van der Waals surface area contributed by atoms with Crippen LogP contribution >= 0.6 is 0 Å². The Balaban J connectivity index is 2.07. The van der Waals surface area contributed by atoms with Crippen LogP contribution in [0.25, 0.3) is 0 Å². The summed E-state index contributed by atoms with van der Waals surface area (Å²) in [7, 11) is 1.62. The Morgan fingerprint density at radius 2 is 2.00 bits per heavy atom. The maximum atomic E-state index is 12.4. The third-order valence-corrected chi connectivity index (χ3v) is 3.75. The summed E-state index contributed by atoms with van der Waals surface area (Å²) in [5.74, 6) is 0.748. The minimum Gasteiger partial charge on any atom is -0.497 e. The van der Waals surface area contributed by atoms with E-state index in [9.17, 15) is 4.79 Å². The standard InChI is InChI=1S/C15H22N2O2/c1-11-6-4-7-12(2)17(11)15(18)16-13-8-5-9-14(10-13)19-3/h5,8-12H,4,6-7H2,1-3H3,(H,16,18)/t11-,12+. The van der Waals surface area contributed by atoms with Gasteiger partial charge >= 0.3 is 6.03 Å². The molecule has 1 fully saturated rings. The van der Waals surface area contributed by atoms with Crippen LogP contribution in [0.2, 0.25) is 0 Å². The molecule has 1 N–H and O–H groups in total. The summed E-state index contributed by atoms with van der Waals surface area (Å²) in [6, 6.07) is 8.02. The maximum Gasteiger partial charge on any atom is 0.322 e. The highest BCUT2D eigenvalue weighted by molar-refractivity contribution is 5.90. The molecule has 0 saturated carbocycles. The van der Waals surface area contributed by atoms with Crippen LogP contribution in [0.5, 0.6) is 5.75 Å². The Bertz CT molecular complexity index is 438. The van der Waals surface area contributed by atoms with Crippen molar-refractivity contribution in [1.82, 2.24) is 4.90 Å². The number of likely N-dealkylation sites (tertiary alicyclic amines) is 1. The molecule has 1 saturated heterocycles. The maximum absolute atomic E-state index is 12.4. The van der Waals surface area contributed by atoms with Crippen LogP contribution in [0.1, 0.15) is 33.1 Å². The molecule has 2 amide bonds. The van der Waals surface area contributed by atoms with Crippen molar-refractivity contribution >= 4 is 11.7 Å². The average molecular weight is 262 g/mol. The molecule has 0 spiro atoms. The van der Waals surface area contributed by atoms with Crippen LogP contribution in [-0.2, 0) is 0 Å². The van der Waals surface area contributed by atoms with E-state index in [0.29, 0.717) is 12.1 Å². The Labute approximate surface area is 114 Å². The minimum atomic E-state index is -0.0204. The number of hydrogen-bond donors (Lipinski definition) is 1. The fraction of sp³-hybridized carbons (Fsp3) is 0.533. The molecule has 0 bridgehead atoms. The highest BCUT2D eigenvalue weighted by Gasteiger charge is 2.28. The van der Waals surface area contributed by atoms with E-state index in [4.69, 9.17) is 4.74 Å². The highest BCUT2D eigenvalue weighted by atomic mass is 16.5. The normalized spacial score (nSPS) is 23.0. The molecule has 0 aliphatic carbocycles. The van der Waals surface area contributed by atoms with Gasteiger partial charge in [-0.2, -0.15) is 0 Å². The molecule has 0 radical (unpaired) electrons. The number of nitrogens with zero attached hydrogens (tertiary/aromatic N) is 1. The summed E-state index contributed by atoms with van der Waals surface area (Å²) in [5, 5.41) is 2.95. The van der Waals surface area contributed by atoms with E-state index in [1.807, 2.05) is 29.2 Å². The molecule has 0 unspecified atom stereocenters. The molecule has 1 aromatic rings. The predicted molar refractivity (Wildman–Crippen MR) is 76.6 cm³/mol. The van der Waals surface area contributed by atoms with Gasteiger partial charge in [0.1, 0.15) is 5.75 Å². The zero-order chi connectivity index (χ0) is 13.8. The van der Waals surface area contributed by atoms with E-state index >= 15 is 0 Å². The first-order valence-electron chi connectivity index (χ1n) is 6.85. The number of rotatable bonds is 2. The Morgan fingerprint density at radius 3 is 2.63 bits per heavy atom. The van der Waals surface area contributed by atoms with Gasteiger partial charge in [-0.3, -0.25) is 0 Å². The van der Waals surface area contributed by atoms with E-state index in [1.54, 1.807) is 7.11 Å². The molecule has 2 rings (SSSR count). The Kier molecular flexibility index (Phi) is 4.30. The molecular formula is C15H22N2O2. The van der Waals surface area contributed by atoms with Gasteiger partial charge in [-0.1, -0.05) is 6.07 Å². The summed E-state index contributed by atoms with van der Waals surface area (Å²) < 4.78 is 5.16. The molecule has 0 aromatic heterocycles. The largest absolute Gasteiger partial charge is 0.497 e. The van der Waals surface area contributed by atoms with Gasteiger partial charge in [-0.05, 0) is 45.2 Å². The number of benzene rings is 1. The van der Waals surface area contributed by atoms with E-state index in [-0.39, 0.29) is 6.03 Å². The number of carbonyl (C=O) groups is 1. The zero-order valence-electron chi connectivity index (χ0n) is 11.8. The van der Waals surface area contributed by atoms with Crippen LogP contribution in [0, 0.1) is 0 Å². The molecule has 4 heteroatoms. The first-order chi connectivity index (χ1) is 9.11. The van der Waals surface area contributed by atoms with Crippen LogP contribution in [0.15, 0.2) is 24.3 Å². The summed E-state index contributed by atoms with van der Waals surface area (Å²) in [6.07, 6.45) is 3.36. The number of carbonyl (C=O) groups excluding carboxylic acids is 1. The monoisotopic (exact) mass is 262 g/mol. The third-order valence-electron chi connectivity index (χ3n) is 3.75. The molecule has 104 valence electrons. The van der Waals surface area contributed by atoms with Crippen molar-refractivity contribution in [3.8, 4) is 5.75 Å². The summed E-state index contributed by atoms with van der Waals surface area (Å²) >= 11 is 0. The van der Waals surface area contributed by atoms with Gasteiger partial charge < -0.3 is 15.0 Å². The van der Waals surface area contributed by atoms with Crippen molar-refractivity contribution in [3.05, 3.63) is 24.3 Å². The fourth-order valence-electron chi connectivity index (χ4n) is 2.71. The third kappa shape index (κ3) is 3.19. The van der Waals surface area contributed by atoms with Gasteiger partial charge in [0.15, 0.2) is 0 Å². The lowest BCUT2D eigenvalue weighted by atomic mass is 9.98. The van der Waals surface area contributed by atoms with Crippen LogP contribution in [0.3, 0.4) is 0 Å². The van der Waals surface area contributed by atoms with Gasteiger partial charge in [0.25, 0.3) is 0 Å². The number of urea groups is 1. The summed E-state index contributed by atoms with van der Waals surface area (Å²) in [4.78, 5) is 14.3. The lowest BCUT2D eigenvalue weighted by Crippen LogP contribution is -2.49. The van der Waals surface area contributed by atoms with Crippen LogP contribution in [0.4, 0.5) is 10.5 Å². The van der Waals surface area contributed by atoms with Crippen molar-refractivity contribution in [3.63, 3.8) is 0 Å². The van der Waals surface area contributed by atoms with Crippen LogP contribution < -0.4 is 10.1 Å². The highest BCUT2D eigenvalue weighted by Crippen LogP contribution is 2.24. The lowest BCUT2D eigenvalue weighted by molar-refractivity contribution is 0.133. The molecule has 1 aliphatic rings. The minimum absolute atomic E-state index is 0.0204. The second kappa shape index (κ2) is 5.95. The number of hydrogen-bond acceptors (Lipinski definition) is 2. The van der Waals surface area contributed by atoms with Gasteiger partial charge in [0.05, 0.1) is 7.11 Å². The van der Waals surface area contributed by atoms with Crippen LogP contribution in [-0.4, -0.2) is 30.1 Å². The number of ether oxygens (including phenoxy) is 1. The SMILES string of the molecule is COc1cccc(NC(=O)N2[C@H](C)CCC[C@@H]2C)c1. The second-order valence-corrected chi connectivity index (χ2v) is 5.20. The van der Waals surface area contributed by atoms with Crippen molar-refractivity contribution in [1.29, 1.82) is 0 Å². The van der Waals surface area contributed by atoms with Crippen molar-refractivity contribution in [2.24, 2.45) is 0 Å². The predicted octanol–water partition coefficient (Wildman–Crippen LogP) is 3.49. The van der Waals surface area contributed by atoms with Gasteiger partial charge in [-0.15, -0.1) is 0 Å². The first-order valence-corrected chi connectivity index (χ1v) is 6.85. The first kappa shape index (κ1) is 13.7. The fourth-order valence-corrected chi connectivity index (χ4v) is 2.71. The van der Waals surface area contributed by atoms with E-state index in [0.717, 1.165) is 24.3 Å². The number of methoxy groups -OCH3 is 1. The van der Waals surface area contributed by atoms with Gasteiger partial charge in [0.2, 0.25) is 0 Å². The molecular weight excluding hydrogens is 240 g/mol. The quantitative estimate of drug-likeness (QED) is 0.886. The second-order valence-electron chi connectivity index (χ2n) is 5.20. The number of piperidine rings is 1. The van der Waals surface area contributed by atoms with Crippen molar-refractivity contribution in [2.75, 3.05) is 12.4 Å². The van der Waals surface area contributed by atoms with Gasteiger partial charge in [-0.25, -0.2) is 4.79 Å². The zero-order valence-corrected chi connectivity index (χ0v) is 11.8. The Morgan fingerprint density at radius 1 is 1.32 bits per heavy atom. The Hall–Kier alpha value is -1.71. The van der Waals surface area contributed by atoms with E-state index < -0.39 is 0 Å². The van der Waals surface area contributed by atoms with Gasteiger partial charge in [0, 0.05) is 23.8 Å². The molecule has 2 atom stereocenters.